The van der Waals surface area contributed by atoms with Gasteiger partial charge in [-0.25, -0.2) is 0 Å². The molecule has 2 unspecified atom stereocenters. The number of halogens is 1. The highest BCUT2D eigenvalue weighted by Gasteiger charge is 2.23. The predicted octanol–water partition coefficient (Wildman–Crippen LogP) is 3.37. The quantitative estimate of drug-likeness (QED) is 0.466. The summed E-state index contributed by atoms with van der Waals surface area (Å²) in [4.78, 5) is 6.81. The minimum atomic E-state index is 0. The summed E-state index contributed by atoms with van der Waals surface area (Å²) in [5.41, 5.74) is 1.15. The van der Waals surface area contributed by atoms with Crippen molar-refractivity contribution in [3.05, 3.63) is 29.8 Å². The van der Waals surface area contributed by atoms with Crippen molar-refractivity contribution >= 4 is 29.9 Å². The summed E-state index contributed by atoms with van der Waals surface area (Å²) in [6, 6.07) is 8.10. The molecule has 0 aromatic heterocycles. The van der Waals surface area contributed by atoms with E-state index in [0.29, 0.717) is 0 Å². The second-order valence-corrected chi connectivity index (χ2v) is 6.06. The lowest BCUT2D eigenvalue weighted by Gasteiger charge is -2.37. The summed E-state index contributed by atoms with van der Waals surface area (Å²) in [5, 5.41) is 3.47. The van der Waals surface area contributed by atoms with Crippen molar-refractivity contribution in [2.24, 2.45) is 16.8 Å². The third-order valence-corrected chi connectivity index (χ3v) is 4.01. The molecule has 1 saturated heterocycles. The molecule has 1 aliphatic heterocycles. The number of aliphatic imine (C=N–C) groups is 1. The lowest BCUT2D eigenvalue weighted by molar-refractivity contribution is 0.208. The van der Waals surface area contributed by atoms with Gasteiger partial charge in [-0.2, -0.15) is 0 Å². The van der Waals surface area contributed by atoms with Crippen LogP contribution in [-0.4, -0.2) is 38.1 Å². The molecule has 0 saturated carbocycles. The number of hydrogen-bond acceptors (Lipinski definition) is 2. The summed E-state index contributed by atoms with van der Waals surface area (Å²) in [6.07, 6.45) is 1.31. The van der Waals surface area contributed by atoms with Crippen LogP contribution < -0.4 is 10.1 Å². The molecular weight excluding hydrogens is 389 g/mol. The topological polar surface area (TPSA) is 36.9 Å². The van der Waals surface area contributed by atoms with E-state index < -0.39 is 0 Å². The number of rotatable bonds is 3. The van der Waals surface area contributed by atoms with E-state index in [4.69, 9.17) is 4.74 Å². The lowest BCUT2D eigenvalue weighted by Crippen LogP contribution is -2.48. The van der Waals surface area contributed by atoms with E-state index in [1.54, 1.807) is 7.11 Å². The molecule has 2 atom stereocenters. The fourth-order valence-corrected chi connectivity index (χ4v) is 3.19. The highest BCUT2D eigenvalue weighted by Crippen LogP contribution is 2.21. The van der Waals surface area contributed by atoms with Crippen molar-refractivity contribution in [2.45, 2.75) is 26.8 Å². The van der Waals surface area contributed by atoms with Gasteiger partial charge in [-0.15, -0.1) is 24.0 Å². The summed E-state index contributed by atoms with van der Waals surface area (Å²) in [5.74, 6) is 3.34. The predicted molar refractivity (Wildman–Crippen MR) is 103 cm³/mol. The van der Waals surface area contributed by atoms with E-state index in [1.807, 2.05) is 25.2 Å². The van der Waals surface area contributed by atoms with Crippen LogP contribution in [0.25, 0.3) is 0 Å². The summed E-state index contributed by atoms with van der Waals surface area (Å²) in [6.45, 7) is 7.52. The van der Waals surface area contributed by atoms with Crippen LogP contribution in [0.1, 0.15) is 25.8 Å². The molecular formula is C17H28IN3O. The highest BCUT2D eigenvalue weighted by molar-refractivity contribution is 14.0. The van der Waals surface area contributed by atoms with Crippen molar-refractivity contribution in [3.63, 3.8) is 0 Å². The van der Waals surface area contributed by atoms with Crippen LogP contribution in [0.15, 0.2) is 29.3 Å². The van der Waals surface area contributed by atoms with Gasteiger partial charge in [0.15, 0.2) is 5.96 Å². The maximum atomic E-state index is 5.40. The zero-order valence-electron chi connectivity index (χ0n) is 14.0. The van der Waals surface area contributed by atoms with Gasteiger partial charge < -0.3 is 15.0 Å². The first-order chi connectivity index (χ1) is 10.1. The van der Waals surface area contributed by atoms with E-state index in [1.165, 1.54) is 6.42 Å². The first-order valence-electron chi connectivity index (χ1n) is 7.71. The second-order valence-electron chi connectivity index (χ2n) is 6.06. The zero-order valence-corrected chi connectivity index (χ0v) is 16.3. The minimum Gasteiger partial charge on any atom is -0.496 e. The Morgan fingerprint density at radius 1 is 1.27 bits per heavy atom. The molecule has 2 rings (SSSR count). The van der Waals surface area contributed by atoms with Crippen LogP contribution in [0.4, 0.5) is 0 Å². The van der Waals surface area contributed by atoms with Gasteiger partial charge in [0, 0.05) is 32.2 Å². The number of nitrogens with zero attached hydrogens (tertiary/aromatic N) is 2. The average molecular weight is 417 g/mol. The van der Waals surface area contributed by atoms with Gasteiger partial charge in [-0.1, -0.05) is 32.0 Å². The number of ether oxygens (including phenoxy) is 1. The molecule has 1 fully saturated rings. The molecule has 0 radical (unpaired) electrons. The minimum absolute atomic E-state index is 0. The van der Waals surface area contributed by atoms with Gasteiger partial charge in [0.1, 0.15) is 5.75 Å². The van der Waals surface area contributed by atoms with E-state index >= 15 is 0 Å². The lowest BCUT2D eigenvalue weighted by atomic mass is 9.92. The number of benzene rings is 1. The molecule has 4 nitrogen and oxygen atoms in total. The van der Waals surface area contributed by atoms with E-state index in [-0.39, 0.29) is 24.0 Å². The van der Waals surface area contributed by atoms with Crippen molar-refractivity contribution in [2.75, 3.05) is 27.2 Å². The average Bonchev–Trinajstić information content (AvgIpc) is 2.47. The van der Waals surface area contributed by atoms with Crippen LogP contribution in [0.3, 0.4) is 0 Å². The van der Waals surface area contributed by atoms with Crippen LogP contribution in [0, 0.1) is 11.8 Å². The SMILES string of the molecule is CN=C(NCc1ccccc1OC)N1CC(C)CC(C)C1.I. The standard InChI is InChI=1S/C17H27N3O.HI/c1-13-9-14(2)12-20(11-13)17(18-3)19-10-15-7-5-6-8-16(15)21-4;/h5-8,13-14H,9-12H2,1-4H3,(H,18,19);1H. The number of hydrogen-bond donors (Lipinski definition) is 1. The van der Waals surface area contributed by atoms with Crippen LogP contribution in [0.2, 0.25) is 0 Å². The monoisotopic (exact) mass is 417 g/mol. The van der Waals surface area contributed by atoms with Crippen LogP contribution in [0.5, 0.6) is 5.75 Å². The molecule has 22 heavy (non-hydrogen) atoms. The zero-order chi connectivity index (χ0) is 15.2. The number of para-hydroxylation sites is 1. The van der Waals surface area contributed by atoms with Gasteiger partial charge in [-0.3, -0.25) is 4.99 Å². The number of likely N-dealkylation sites (tertiary alicyclic amines) is 1. The van der Waals surface area contributed by atoms with Gasteiger partial charge in [0.2, 0.25) is 0 Å². The smallest absolute Gasteiger partial charge is 0.193 e. The molecule has 0 spiro atoms. The van der Waals surface area contributed by atoms with E-state index in [9.17, 15) is 0 Å². The van der Waals surface area contributed by atoms with Gasteiger partial charge in [0.25, 0.3) is 0 Å². The Labute approximate surface area is 151 Å². The molecule has 5 heteroatoms. The first-order valence-corrected chi connectivity index (χ1v) is 7.71. The Morgan fingerprint density at radius 2 is 1.91 bits per heavy atom. The second kappa shape index (κ2) is 9.22. The summed E-state index contributed by atoms with van der Waals surface area (Å²) >= 11 is 0. The van der Waals surface area contributed by atoms with Crippen molar-refractivity contribution < 1.29 is 4.74 Å². The fraction of sp³-hybridized carbons (Fsp3) is 0.588. The number of methoxy groups -OCH3 is 1. The third kappa shape index (κ3) is 5.04. The Kier molecular flexibility index (Phi) is 8.00. The van der Waals surface area contributed by atoms with Crippen LogP contribution >= 0.6 is 24.0 Å². The van der Waals surface area contributed by atoms with Crippen molar-refractivity contribution in [1.29, 1.82) is 0 Å². The van der Waals surface area contributed by atoms with Crippen molar-refractivity contribution in [1.82, 2.24) is 10.2 Å². The molecule has 0 bridgehead atoms. The van der Waals surface area contributed by atoms with E-state index in [0.717, 1.165) is 48.7 Å². The molecule has 1 aromatic rings. The molecule has 1 heterocycles. The summed E-state index contributed by atoms with van der Waals surface area (Å²) < 4.78 is 5.40. The Hall–Kier alpha value is -0.980. The number of nitrogens with one attached hydrogen (secondary N) is 1. The number of guanidine groups is 1. The fourth-order valence-electron chi connectivity index (χ4n) is 3.19. The maximum absolute atomic E-state index is 5.40. The summed E-state index contributed by atoms with van der Waals surface area (Å²) in [7, 11) is 3.57. The molecule has 1 aliphatic rings. The third-order valence-electron chi connectivity index (χ3n) is 4.01. The van der Waals surface area contributed by atoms with Gasteiger partial charge in [0.05, 0.1) is 7.11 Å². The van der Waals surface area contributed by atoms with Gasteiger partial charge in [-0.05, 0) is 24.3 Å². The molecule has 124 valence electrons. The highest BCUT2D eigenvalue weighted by atomic mass is 127. The van der Waals surface area contributed by atoms with Crippen LogP contribution in [-0.2, 0) is 6.54 Å². The van der Waals surface area contributed by atoms with Crippen molar-refractivity contribution in [3.8, 4) is 5.75 Å². The van der Waals surface area contributed by atoms with Gasteiger partial charge >= 0.3 is 0 Å². The Bertz CT molecular complexity index is 483. The molecule has 0 aliphatic carbocycles. The first kappa shape index (κ1) is 19.1. The Morgan fingerprint density at radius 3 is 2.50 bits per heavy atom. The normalized spacial score (nSPS) is 22.0. The van der Waals surface area contributed by atoms with E-state index in [2.05, 4.69) is 35.1 Å². The maximum Gasteiger partial charge on any atom is 0.193 e. The largest absolute Gasteiger partial charge is 0.496 e. The Balaban J connectivity index is 0.00000242. The number of piperidine rings is 1. The molecule has 0 amide bonds. The molecule has 1 N–H and O–H groups in total. The molecule has 1 aromatic carbocycles.